The van der Waals surface area contributed by atoms with Gasteiger partial charge in [0.1, 0.15) is 0 Å². The molecule has 1 atom stereocenters. The fourth-order valence-corrected chi connectivity index (χ4v) is 3.10. The Morgan fingerprint density at radius 3 is 2.47 bits per heavy atom. The van der Waals surface area contributed by atoms with E-state index in [9.17, 15) is 0 Å². The van der Waals surface area contributed by atoms with Gasteiger partial charge in [-0.05, 0) is 79.6 Å². The number of hydrogen-bond acceptors (Lipinski definition) is 2. The summed E-state index contributed by atoms with van der Waals surface area (Å²) in [6.45, 7) is 7.77. The van der Waals surface area contributed by atoms with Gasteiger partial charge in [0.2, 0.25) is 0 Å². The van der Waals surface area contributed by atoms with Crippen LogP contribution < -0.4 is 10.6 Å². The molecule has 0 aromatic heterocycles. The number of benzene rings is 1. The summed E-state index contributed by atoms with van der Waals surface area (Å²) in [6.07, 6.45) is 3.72. The molecule has 2 N–H and O–H groups in total. The van der Waals surface area contributed by atoms with E-state index in [1.54, 1.807) is 0 Å². The Morgan fingerprint density at radius 1 is 1.32 bits per heavy atom. The van der Waals surface area contributed by atoms with Crippen LogP contribution in [0.1, 0.15) is 39.2 Å². The molecule has 0 spiro atoms. The van der Waals surface area contributed by atoms with Crippen LogP contribution in [-0.2, 0) is 6.42 Å². The Labute approximate surface area is 125 Å². The monoisotopic (exact) mass is 324 g/mol. The molecule has 1 saturated carbocycles. The van der Waals surface area contributed by atoms with Crippen LogP contribution in [-0.4, -0.2) is 18.6 Å². The van der Waals surface area contributed by atoms with Crippen LogP contribution in [0, 0.1) is 5.92 Å². The van der Waals surface area contributed by atoms with Crippen molar-refractivity contribution in [1.82, 2.24) is 0 Å². The lowest BCUT2D eigenvalue weighted by molar-refractivity contribution is 0.643. The van der Waals surface area contributed by atoms with E-state index in [1.165, 1.54) is 35.1 Å². The quantitative estimate of drug-likeness (QED) is 0.858. The average Bonchev–Trinajstić information content (AvgIpc) is 3.09. The van der Waals surface area contributed by atoms with Crippen molar-refractivity contribution in [2.45, 2.75) is 52.1 Å². The summed E-state index contributed by atoms with van der Waals surface area (Å²) in [5.74, 6) is 0.901. The molecule has 1 aliphatic carbocycles. The van der Waals surface area contributed by atoms with Gasteiger partial charge in [-0.2, -0.15) is 0 Å². The van der Waals surface area contributed by atoms with E-state index in [2.05, 4.69) is 59.8 Å². The second-order valence-electron chi connectivity index (χ2n) is 6.16. The lowest BCUT2D eigenvalue weighted by Gasteiger charge is -2.30. The maximum Gasteiger partial charge on any atom is 0.0513 e. The van der Waals surface area contributed by atoms with Crippen molar-refractivity contribution in [3.8, 4) is 0 Å². The van der Waals surface area contributed by atoms with Crippen molar-refractivity contribution < 1.29 is 0 Å². The molecule has 106 valence electrons. The fraction of sp³-hybridized carbons (Fsp3) is 0.625. The van der Waals surface area contributed by atoms with Crippen molar-refractivity contribution >= 4 is 21.6 Å². The molecule has 0 bridgehead atoms. The van der Waals surface area contributed by atoms with Crippen LogP contribution in [0.2, 0.25) is 0 Å². The Morgan fingerprint density at radius 2 is 2.00 bits per heavy atom. The minimum Gasteiger partial charge on any atom is -0.368 e. The van der Waals surface area contributed by atoms with Gasteiger partial charge in [-0.25, -0.2) is 0 Å². The molecular formula is C16H25BrN2. The van der Waals surface area contributed by atoms with Crippen molar-refractivity contribution in [3.63, 3.8) is 0 Å². The highest BCUT2D eigenvalue weighted by molar-refractivity contribution is 9.10. The molecule has 1 aromatic rings. The predicted molar refractivity (Wildman–Crippen MR) is 86.7 cm³/mol. The third kappa shape index (κ3) is 4.22. The molecular weight excluding hydrogens is 300 g/mol. The summed E-state index contributed by atoms with van der Waals surface area (Å²) < 4.78 is 1.19. The molecule has 0 heterocycles. The zero-order valence-electron chi connectivity index (χ0n) is 12.2. The number of nitrogens with two attached hydrogens (primary N) is 1. The first-order chi connectivity index (χ1) is 8.97. The van der Waals surface area contributed by atoms with Crippen LogP contribution in [0.4, 0.5) is 5.69 Å². The summed E-state index contributed by atoms with van der Waals surface area (Å²) >= 11 is 3.73. The minimum atomic E-state index is 0.213. The van der Waals surface area contributed by atoms with Gasteiger partial charge in [-0.15, -0.1) is 0 Å². The van der Waals surface area contributed by atoms with Crippen LogP contribution >= 0.6 is 15.9 Å². The van der Waals surface area contributed by atoms with E-state index in [0.29, 0.717) is 6.04 Å². The first-order valence-electron chi connectivity index (χ1n) is 7.28. The van der Waals surface area contributed by atoms with Crippen molar-refractivity contribution in [2.75, 3.05) is 11.4 Å². The molecule has 0 amide bonds. The average molecular weight is 325 g/mol. The number of hydrogen-bond donors (Lipinski definition) is 1. The highest BCUT2D eigenvalue weighted by Crippen LogP contribution is 2.35. The molecule has 1 fully saturated rings. The Balaban J connectivity index is 2.17. The van der Waals surface area contributed by atoms with Gasteiger partial charge in [-0.3, -0.25) is 0 Å². The maximum absolute atomic E-state index is 5.87. The lowest BCUT2D eigenvalue weighted by atomic mass is 10.1. The Bertz CT molecular complexity index is 425. The molecule has 0 radical (unpaired) electrons. The number of nitrogens with zero attached hydrogens (tertiary/aromatic N) is 1. The van der Waals surface area contributed by atoms with Gasteiger partial charge in [-0.1, -0.05) is 6.07 Å². The zero-order chi connectivity index (χ0) is 14.0. The smallest absolute Gasteiger partial charge is 0.0513 e. The van der Waals surface area contributed by atoms with Gasteiger partial charge < -0.3 is 10.6 Å². The highest BCUT2D eigenvalue weighted by Gasteiger charge is 2.26. The predicted octanol–water partition coefficient (Wildman–Crippen LogP) is 3.96. The van der Waals surface area contributed by atoms with Gasteiger partial charge in [0.15, 0.2) is 0 Å². The molecule has 3 heteroatoms. The maximum atomic E-state index is 5.87. The molecule has 0 saturated heterocycles. The van der Waals surface area contributed by atoms with Crippen molar-refractivity contribution in [3.05, 3.63) is 28.2 Å². The summed E-state index contributed by atoms with van der Waals surface area (Å²) in [4.78, 5) is 2.51. The second-order valence-corrected chi connectivity index (χ2v) is 7.01. The van der Waals surface area contributed by atoms with Crippen molar-refractivity contribution in [1.29, 1.82) is 0 Å². The minimum absolute atomic E-state index is 0.213. The van der Waals surface area contributed by atoms with Crippen LogP contribution in [0.3, 0.4) is 0 Å². The van der Waals surface area contributed by atoms with Crippen LogP contribution in [0.5, 0.6) is 0 Å². The van der Waals surface area contributed by atoms with E-state index >= 15 is 0 Å². The molecule has 0 aliphatic heterocycles. The van der Waals surface area contributed by atoms with E-state index in [1.807, 2.05) is 0 Å². The number of halogens is 1. The highest BCUT2D eigenvalue weighted by atomic mass is 79.9. The van der Waals surface area contributed by atoms with Gasteiger partial charge in [0.05, 0.1) is 5.69 Å². The van der Waals surface area contributed by atoms with E-state index < -0.39 is 0 Å². The molecule has 1 aliphatic rings. The van der Waals surface area contributed by atoms with Gasteiger partial charge in [0, 0.05) is 23.1 Å². The molecule has 1 aromatic carbocycles. The largest absolute Gasteiger partial charge is 0.368 e. The SMILES string of the molecule is CC(N)Cc1ccc(N(CC2CC2)C(C)C)c(Br)c1. The first kappa shape index (κ1) is 14.9. The first-order valence-corrected chi connectivity index (χ1v) is 8.07. The van der Waals surface area contributed by atoms with Crippen LogP contribution in [0.25, 0.3) is 0 Å². The van der Waals surface area contributed by atoms with Crippen LogP contribution in [0.15, 0.2) is 22.7 Å². The normalized spacial score (nSPS) is 16.7. The third-order valence-electron chi connectivity index (χ3n) is 3.65. The summed E-state index contributed by atoms with van der Waals surface area (Å²) in [6, 6.07) is 7.43. The molecule has 1 unspecified atom stereocenters. The number of rotatable bonds is 6. The van der Waals surface area contributed by atoms with Crippen molar-refractivity contribution in [2.24, 2.45) is 11.7 Å². The third-order valence-corrected chi connectivity index (χ3v) is 4.29. The lowest BCUT2D eigenvalue weighted by Crippen LogP contribution is -2.33. The summed E-state index contributed by atoms with van der Waals surface area (Å²) in [5.41, 5.74) is 8.49. The summed E-state index contributed by atoms with van der Waals surface area (Å²) in [5, 5.41) is 0. The van der Waals surface area contributed by atoms with E-state index in [4.69, 9.17) is 5.73 Å². The fourth-order valence-electron chi connectivity index (χ4n) is 2.45. The Hall–Kier alpha value is -0.540. The molecule has 19 heavy (non-hydrogen) atoms. The number of anilines is 1. The van der Waals surface area contributed by atoms with E-state index in [-0.39, 0.29) is 6.04 Å². The Kier molecular flexibility index (Phi) is 4.91. The van der Waals surface area contributed by atoms with Gasteiger partial charge in [0.25, 0.3) is 0 Å². The van der Waals surface area contributed by atoms with Gasteiger partial charge >= 0.3 is 0 Å². The standard InChI is InChI=1S/C16H25BrN2/c1-11(2)19(10-13-4-5-13)16-7-6-14(8-12(3)18)9-15(16)17/h6-7,9,11-13H,4-5,8,10,18H2,1-3H3. The topological polar surface area (TPSA) is 29.3 Å². The molecule has 2 nitrogen and oxygen atoms in total. The molecule has 2 rings (SSSR count). The van der Waals surface area contributed by atoms with E-state index in [0.717, 1.165) is 12.3 Å². The summed E-state index contributed by atoms with van der Waals surface area (Å²) in [7, 11) is 0. The zero-order valence-corrected chi connectivity index (χ0v) is 13.8. The second kappa shape index (κ2) is 6.27.